The molecule has 10 rings (SSSR count). The highest BCUT2D eigenvalue weighted by molar-refractivity contribution is 6.23. The molecule has 67 heavy (non-hydrogen) atoms. The van der Waals surface area contributed by atoms with Crippen molar-refractivity contribution >= 4 is 63.6 Å². The van der Waals surface area contributed by atoms with Gasteiger partial charge >= 0.3 is 0 Å². The summed E-state index contributed by atoms with van der Waals surface area (Å²) >= 11 is 0. The van der Waals surface area contributed by atoms with Crippen LogP contribution in [0, 0.1) is 5.92 Å². The SMILES string of the molecule is NC=C(C=NC1CC(CCCNc2ccc3c(c2)C(=O)N(C2CCC(=O)NC2=O)C3=O)C1)c1cnc2cc(N3CCN(CCN4CCN(c5cccc(-c6cn[nH]c6)n5)CC4)CC3)ccc2n1. The number of anilines is 3. The van der Waals surface area contributed by atoms with Gasteiger partial charge in [-0.25, -0.2) is 9.97 Å². The van der Waals surface area contributed by atoms with E-state index in [0.717, 1.165) is 135 Å². The first-order valence-corrected chi connectivity index (χ1v) is 23.5. The third-order valence-corrected chi connectivity index (χ3v) is 13.9. The van der Waals surface area contributed by atoms with E-state index in [2.05, 4.69) is 70.8 Å². The number of imide groups is 2. The minimum atomic E-state index is -0.977. The minimum Gasteiger partial charge on any atom is -0.404 e. The summed E-state index contributed by atoms with van der Waals surface area (Å²) in [5.41, 5.74) is 13.6. The number of nitrogens with zero attached hydrogens (tertiary/aromatic N) is 10. The molecule has 1 unspecified atom stereocenters. The van der Waals surface area contributed by atoms with Gasteiger partial charge in [0.15, 0.2) is 0 Å². The first-order chi connectivity index (χ1) is 32.8. The zero-order chi connectivity index (χ0) is 45.9. The van der Waals surface area contributed by atoms with Crippen LogP contribution in [-0.4, -0.2) is 154 Å². The number of allylic oxidation sites excluding steroid dienone is 1. The van der Waals surface area contributed by atoms with Gasteiger partial charge in [-0.2, -0.15) is 5.10 Å². The van der Waals surface area contributed by atoms with Crippen molar-refractivity contribution in [1.29, 1.82) is 0 Å². The first kappa shape index (κ1) is 43.8. The number of aromatic nitrogens is 5. The highest BCUT2D eigenvalue weighted by atomic mass is 16.2. The van der Waals surface area contributed by atoms with Crippen molar-refractivity contribution in [2.45, 2.75) is 50.6 Å². The predicted molar refractivity (Wildman–Crippen MR) is 257 cm³/mol. The van der Waals surface area contributed by atoms with Crippen LogP contribution >= 0.6 is 0 Å². The maximum Gasteiger partial charge on any atom is 0.262 e. The summed E-state index contributed by atoms with van der Waals surface area (Å²) in [7, 11) is 0. The van der Waals surface area contributed by atoms with Crippen LogP contribution in [0.25, 0.3) is 27.9 Å². The molecule has 3 aromatic heterocycles. The summed E-state index contributed by atoms with van der Waals surface area (Å²) in [6, 6.07) is 16.9. The van der Waals surface area contributed by atoms with Gasteiger partial charge in [0.25, 0.3) is 11.8 Å². The Labute approximate surface area is 388 Å². The highest BCUT2D eigenvalue weighted by Gasteiger charge is 2.44. The third-order valence-electron chi connectivity index (χ3n) is 13.9. The van der Waals surface area contributed by atoms with Crippen LogP contribution in [0.3, 0.4) is 0 Å². The van der Waals surface area contributed by atoms with Gasteiger partial charge in [0.2, 0.25) is 11.8 Å². The number of carbonyl (C=O) groups is 4. The normalized spacial score (nSPS) is 21.9. The fourth-order valence-corrected chi connectivity index (χ4v) is 9.84. The number of hydrogen-bond acceptors (Lipinski definition) is 15. The highest BCUT2D eigenvalue weighted by Crippen LogP contribution is 2.35. The van der Waals surface area contributed by atoms with Crippen LogP contribution in [0.15, 0.2) is 84.4 Å². The molecule has 18 heteroatoms. The van der Waals surface area contributed by atoms with Crippen LogP contribution in [-0.2, 0) is 9.59 Å². The van der Waals surface area contributed by atoms with Gasteiger partial charge in [0, 0.05) is 120 Å². The molecule has 0 radical (unpaired) electrons. The molecular formula is C49H56N14O4. The van der Waals surface area contributed by atoms with Crippen molar-refractivity contribution < 1.29 is 19.2 Å². The summed E-state index contributed by atoms with van der Waals surface area (Å²) in [4.78, 5) is 80.5. The Bertz CT molecular complexity index is 2700. The molecule has 5 aliphatic rings. The summed E-state index contributed by atoms with van der Waals surface area (Å²) < 4.78 is 0. The van der Waals surface area contributed by atoms with E-state index in [0.29, 0.717) is 18.2 Å². The number of piperidine rings is 1. The molecule has 1 aliphatic carbocycles. The van der Waals surface area contributed by atoms with Crippen LogP contribution in [0.4, 0.5) is 17.2 Å². The molecule has 0 spiro atoms. The first-order valence-electron chi connectivity index (χ1n) is 23.5. The number of H-pyrrole nitrogens is 1. The van der Waals surface area contributed by atoms with E-state index < -0.39 is 29.7 Å². The molecule has 1 atom stereocenters. The second-order valence-corrected chi connectivity index (χ2v) is 18.1. The Morgan fingerprint density at radius 1 is 0.836 bits per heavy atom. The van der Waals surface area contributed by atoms with Crippen molar-refractivity contribution in [1.82, 2.24) is 45.2 Å². The molecule has 4 aliphatic heterocycles. The molecular weight excluding hydrogens is 849 g/mol. The number of nitrogens with two attached hydrogens (primary N) is 1. The number of hydrogen-bond donors (Lipinski definition) is 4. The lowest BCUT2D eigenvalue weighted by Gasteiger charge is -2.39. The fourth-order valence-electron chi connectivity index (χ4n) is 9.84. The van der Waals surface area contributed by atoms with E-state index in [4.69, 9.17) is 25.7 Å². The number of aromatic amines is 1. The van der Waals surface area contributed by atoms with Crippen molar-refractivity contribution in [3.8, 4) is 11.3 Å². The fraction of sp³-hybridized carbons (Fsp3) is 0.408. The predicted octanol–water partition coefficient (Wildman–Crippen LogP) is 3.80. The number of fused-ring (bicyclic) bond motifs is 2. The standard InChI is InChI=1S/C49H56N14O4/c50-27-33(28-52-36-23-32(24-36)3-2-12-51-35-6-8-38-39(25-35)49(67)63(48(38)66)44-10-11-46(64)58-47(44)65)43-31-53-42-26-37(7-9-41(42)56-43)61-19-15-59(16-20-61)13-14-60-17-21-62(22-18-60)45-5-1-4-40(57-45)34-29-54-55-30-34/h1,4-9,25-32,36,44,51H,2-3,10-24,50H2,(H,54,55)(H,58,64,65). The molecule has 346 valence electrons. The Kier molecular flexibility index (Phi) is 12.7. The van der Waals surface area contributed by atoms with Gasteiger partial charge in [0.1, 0.15) is 11.9 Å². The van der Waals surface area contributed by atoms with Crippen LogP contribution in [0.2, 0.25) is 0 Å². The van der Waals surface area contributed by atoms with E-state index in [9.17, 15) is 19.2 Å². The zero-order valence-corrected chi connectivity index (χ0v) is 37.5. The van der Waals surface area contributed by atoms with Crippen LogP contribution in [0.1, 0.15) is 64.9 Å². The van der Waals surface area contributed by atoms with Crippen molar-refractivity contribution in [3.05, 3.63) is 96.2 Å². The molecule has 2 aromatic carbocycles. The van der Waals surface area contributed by atoms with Crippen molar-refractivity contribution in [2.75, 3.05) is 87.1 Å². The van der Waals surface area contributed by atoms with Crippen LogP contribution in [0.5, 0.6) is 0 Å². The second kappa shape index (κ2) is 19.4. The summed E-state index contributed by atoms with van der Waals surface area (Å²) in [6.07, 6.45) is 13.0. The minimum absolute atomic E-state index is 0.0876. The Hall–Kier alpha value is -7.05. The largest absolute Gasteiger partial charge is 0.404 e. The lowest BCUT2D eigenvalue weighted by molar-refractivity contribution is -0.136. The molecule has 1 saturated carbocycles. The molecule has 4 amide bonds. The van der Waals surface area contributed by atoms with Gasteiger partial charge in [0.05, 0.1) is 52.0 Å². The van der Waals surface area contributed by atoms with Gasteiger partial charge in [-0.15, -0.1) is 0 Å². The summed E-state index contributed by atoms with van der Waals surface area (Å²) in [5.74, 6) is -0.427. The van der Waals surface area contributed by atoms with Crippen molar-refractivity contribution in [2.24, 2.45) is 16.6 Å². The Morgan fingerprint density at radius 3 is 2.36 bits per heavy atom. The number of carbonyl (C=O) groups excluding carboxylic acids is 4. The van der Waals surface area contributed by atoms with Gasteiger partial charge in [-0.05, 0) is 86.6 Å². The van der Waals surface area contributed by atoms with E-state index in [1.54, 1.807) is 30.6 Å². The third kappa shape index (κ3) is 9.62. The topological polar surface area (TPSA) is 214 Å². The van der Waals surface area contributed by atoms with Gasteiger partial charge < -0.3 is 20.9 Å². The number of benzene rings is 2. The van der Waals surface area contributed by atoms with Crippen LogP contribution < -0.4 is 26.2 Å². The number of pyridine rings is 1. The second-order valence-electron chi connectivity index (χ2n) is 18.1. The molecule has 7 heterocycles. The quantitative estimate of drug-likeness (QED) is 0.0669. The summed E-state index contributed by atoms with van der Waals surface area (Å²) in [6.45, 7) is 10.9. The number of aliphatic imine (C=N–C) groups is 1. The molecule has 18 nitrogen and oxygen atoms in total. The smallest absolute Gasteiger partial charge is 0.262 e. The zero-order valence-electron chi connectivity index (χ0n) is 37.5. The average molecular weight is 905 g/mol. The lowest BCUT2D eigenvalue weighted by atomic mass is 9.78. The molecule has 3 saturated heterocycles. The van der Waals surface area contributed by atoms with Crippen molar-refractivity contribution in [3.63, 3.8) is 0 Å². The number of piperazine rings is 2. The Morgan fingerprint density at radius 2 is 1.61 bits per heavy atom. The maximum absolute atomic E-state index is 13.2. The number of rotatable bonds is 15. The molecule has 5 aromatic rings. The molecule has 5 N–H and O–H groups in total. The average Bonchev–Trinajstić information content (AvgIpc) is 3.97. The lowest BCUT2D eigenvalue weighted by Crippen LogP contribution is -2.54. The maximum atomic E-state index is 13.2. The van der Waals surface area contributed by atoms with Gasteiger partial charge in [-0.1, -0.05) is 6.07 Å². The van der Waals surface area contributed by atoms with Gasteiger partial charge in [-0.3, -0.25) is 54.3 Å². The monoisotopic (exact) mass is 904 g/mol. The van der Waals surface area contributed by atoms with E-state index in [1.807, 2.05) is 24.7 Å². The Balaban J connectivity index is 0.630. The summed E-state index contributed by atoms with van der Waals surface area (Å²) in [5, 5.41) is 12.5. The molecule has 4 fully saturated rings. The van der Waals surface area contributed by atoms with E-state index >= 15 is 0 Å². The molecule has 0 bridgehead atoms. The van der Waals surface area contributed by atoms with E-state index in [-0.39, 0.29) is 30.0 Å². The number of amides is 4. The van der Waals surface area contributed by atoms with E-state index in [1.165, 1.54) is 5.69 Å². The number of nitrogens with one attached hydrogen (secondary N) is 3.